The highest BCUT2D eigenvalue weighted by Crippen LogP contribution is 2.28. The minimum Gasteiger partial charge on any atom is -0.465 e. The lowest BCUT2D eigenvalue weighted by Gasteiger charge is -2.16. The smallest absolute Gasteiger partial charge is 0.289 e. The number of nitrogens with zero attached hydrogens (tertiary/aromatic N) is 2. The van der Waals surface area contributed by atoms with Crippen molar-refractivity contribution in [1.29, 1.82) is 0 Å². The van der Waals surface area contributed by atoms with Gasteiger partial charge in [-0.25, -0.2) is 8.42 Å². The molecule has 0 amide bonds. The van der Waals surface area contributed by atoms with Gasteiger partial charge in [0.25, 0.3) is 5.69 Å². The molecule has 0 aliphatic heterocycles. The van der Waals surface area contributed by atoms with E-state index in [9.17, 15) is 18.5 Å². The summed E-state index contributed by atoms with van der Waals surface area (Å²) >= 11 is 5.69. The van der Waals surface area contributed by atoms with Crippen molar-refractivity contribution in [2.24, 2.45) is 0 Å². The van der Waals surface area contributed by atoms with E-state index in [1.807, 2.05) is 0 Å². The van der Waals surface area contributed by atoms with Gasteiger partial charge in [0.1, 0.15) is 16.5 Å². The van der Waals surface area contributed by atoms with Gasteiger partial charge in [0.05, 0.1) is 16.4 Å². The Labute approximate surface area is 132 Å². The summed E-state index contributed by atoms with van der Waals surface area (Å²) < 4.78 is 31.3. The fourth-order valence-electron chi connectivity index (χ4n) is 1.85. The Morgan fingerprint density at radius 2 is 2.00 bits per heavy atom. The molecule has 1 aromatic carbocycles. The Kier molecular flexibility index (Phi) is 4.55. The molecule has 0 radical (unpaired) electrons. The highest BCUT2D eigenvalue weighted by atomic mass is 35.5. The Morgan fingerprint density at radius 3 is 2.55 bits per heavy atom. The molecule has 0 aliphatic carbocycles. The van der Waals surface area contributed by atoms with Crippen LogP contribution in [0.4, 0.5) is 5.69 Å². The van der Waals surface area contributed by atoms with Gasteiger partial charge < -0.3 is 4.42 Å². The van der Waals surface area contributed by atoms with Crippen LogP contribution >= 0.6 is 11.6 Å². The maximum absolute atomic E-state index is 12.4. The number of sulfonamides is 1. The van der Waals surface area contributed by atoms with E-state index in [0.29, 0.717) is 11.5 Å². The number of hydrogen-bond donors (Lipinski definition) is 0. The minimum absolute atomic E-state index is 0.0204. The summed E-state index contributed by atoms with van der Waals surface area (Å²) in [5, 5.41) is 10.7. The van der Waals surface area contributed by atoms with E-state index in [1.54, 1.807) is 19.1 Å². The van der Waals surface area contributed by atoms with Crippen LogP contribution < -0.4 is 0 Å². The summed E-state index contributed by atoms with van der Waals surface area (Å²) in [7, 11) is -2.52. The molecule has 9 heteroatoms. The van der Waals surface area contributed by atoms with Crippen molar-refractivity contribution >= 4 is 27.3 Å². The molecule has 0 saturated carbocycles. The second kappa shape index (κ2) is 6.07. The highest BCUT2D eigenvalue weighted by molar-refractivity contribution is 7.89. The summed E-state index contributed by atoms with van der Waals surface area (Å²) in [5.74, 6) is 1.15. The fraction of sp³-hybridized carbons (Fsp3) is 0.231. The van der Waals surface area contributed by atoms with Crippen LogP contribution in [0.2, 0.25) is 5.02 Å². The van der Waals surface area contributed by atoms with Crippen molar-refractivity contribution in [3.8, 4) is 0 Å². The number of benzene rings is 1. The average molecular weight is 345 g/mol. The number of nitro benzene ring substituents is 1. The topological polar surface area (TPSA) is 93.7 Å². The average Bonchev–Trinajstić information content (AvgIpc) is 2.84. The largest absolute Gasteiger partial charge is 0.465 e. The lowest BCUT2D eigenvalue weighted by atomic mass is 10.3. The summed E-state index contributed by atoms with van der Waals surface area (Å²) in [5.41, 5.74) is -0.454. The van der Waals surface area contributed by atoms with Crippen molar-refractivity contribution in [1.82, 2.24) is 4.31 Å². The van der Waals surface area contributed by atoms with Crippen LogP contribution in [0.25, 0.3) is 0 Å². The van der Waals surface area contributed by atoms with Crippen molar-refractivity contribution in [2.75, 3.05) is 7.05 Å². The predicted octanol–water partition coefficient (Wildman–Crippen LogP) is 2.97. The third kappa shape index (κ3) is 3.29. The zero-order valence-corrected chi connectivity index (χ0v) is 13.4. The lowest BCUT2D eigenvalue weighted by molar-refractivity contribution is -0.384. The molecule has 0 aliphatic rings. The number of halogens is 1. The summed E-state index contributed by atoms with van der Waals surface area (Å²) in [6, 6.07) is 6.77. The van der Waals surface area contributed by atoms with Gasteiger partial charge in [0, 0.05) is 13.1 Å². The third-order valence-corrected chi connectivity index (χ3v) is 5.12. The second-order valence-electron chi connectivity index (χ2n) is 4.64. The van der Waals surface area contributed by atoms with Crippen LogP contribution in [-0.2, 0) is 16.6 Å². The van der Waals surface area contributed by atoms with Crippen molar-refractivity contribution in [3.63, 3.8) is 0 Å². The number of aryl methyl sites for hydroxylation is 1. The molecular formula is C13H13ClN2O5S. The Balaban J connectivity index is 2.33. The SMILES string of the molecule is Cc1ccc(CN(C)S(=O)(=O)c2ccc(Cl)c([N+](=O)[O-])c2)o1. The second-order valence-corrected chi connectivity index (χ2v) is 7.10. The van der Waals surface area contributed by atoms with Gasteiger partial charge in [-0.05, 0) is 31.2 Å². The molecular weight excluding hydrogens is 332 g/mol. The molecule has 0 saturated heterocycles. The van der Waals surface area contributed by atoms with Gasteiger partial charge in [-0.3, -0.25) is 10.1 Å². The standard InChI is InChI=1S/C13H13ClN2O5S/c1-9-3-4-10(21-9)8-15(2)22(19,20)11-5-6-12(14)13(7-11)16(17)18/h3-7H,8H2,1-2H3. The van der Waals surface area contributed by atoms with Gasteiger partial charge in [0.15, 0.2) is 0 Å². The third-order valence-electron chi connectivity index (χ3n) is 3.00. The van der Waals surface area contributed by atoms with Gasteiger partial charge in [-0.1, -0.05) is 11.6 Å². The van der Waals surface area contributed by atoms with Crippen molar-refractivity contribution in [2.45, 2.75) is 18.4 Å². The molecule has 0 bridgehead atoms. The first-order valence-corrected chi connectivity index (χ1v) is 7.99. The quantitative estimate of drug-likeness (QED) is 0.614. The van der Waals surface area contributed by atoms with E-state index in [2.05, 4.69) is 0 Å². The van der Waals surface area contributed by atoms with Crippen LogP contribution in [0.15, 0.2) is 39.6 Å². The van der Waals surface area contributed by atoms with Crippen LogP contribution in [-0.4, -0.2) is 24.7 Å². The van der Waals surface area contributed by atoms with Crippen molar-refractivity contribution in [3.05, 3.63) is 57.0 Å². The van der Waals surface area contributed by atoms with E-state index in [1.165, 1.54) is 19.2 Å². The first-order valence-electron chi connectivity index (χ1n) is 6.17. The summed E-state index contributed by atoms with van der Waals surface area (Å²) in [6.45, 7) is 1.77. The zero-order valence-electron chi connectivity index (χ0n) is 11.8. The first kappa shape index (κ1) is 16.5. The van der Waals surface area contributed by atoms with E-state index >= 15 is 0 Å². The molecule has 2 rings (SSSR count). The van der Waals surface area contributed by atoms with E-state index in [-0.39, 0.29) is 16.5 Å². The number of furan rings is 1. The molecule has 118 valence electrons. The van der Waals surface area contributed by atoms with E-state index in [4.69, 9.17) is 16.0 Å². The van der Waals surface area contributed by atoms with Gasteiger partial charge in [0.2, 0.25) is 10.0 Å². The van der Waals surface area contributed by atoms with Crippen LogP contribution in [0.1, 0.15) is 11.5 Å². The maximum atomic E-state index is 12.4. The highest BCUT2D eigenvalue weighted by Gasteiger charge is 2.25. The van der Waals surface area contributed by atoms with Gasteiger partial charge >= 0.3 is 0 Å². The molecule has 22 heavy (non-hydrogen) atoms. The van der Waals surface area contributed by atoms with E-state index in [0.717, 1.165) is 10.4 Å². The van der Waals surface area contributed by atoms with Crippen LogP contribution in [0, 0.1) is 17.0 Å². The molecule has 0 fully saturated rings. The molecule has 1 heterocycles. The first-order chi connectivity index (χ1) is 10.2. The molecule has 7 nitrogen and oxygen atoms in total. The van der Waals surface area contributed by atoms with Gasteiger partial charge in [-0.15, -0.1) is 0 Å². The van der Waals surface area contributed by atoms with Gasteiger partial charge in [-0.2, -0.15) is 4.31 Å². The van der Waals surface area contributed by atoms with Crippen LogP contribution in [0.3, 0.4) is 0 Å². The number of nitro groups is 1. The van der Waals surface area contributed by atoms with Crippen LogP contribution in [0.5, 0.6) is 0 Å². The van der Waals surface area contributed by atoms with E-state index < -0.39 is 20.6 Å². The molecule has 1 aromatic heterocycles. The Bertz CT molecular complexity index is 816. The molecule has 2 aromatic rings. The monoisotopic (exact) mass is 344 g/mol. The maximum Gasteiger partial charge on any atom is 0.289 e. The predicted molar refractivity (Wildman–Crippen MR) is 80.2 cm³/mol. The molecule has 0 unspecified atom stereocenters. The summed E-state index contributed by atoms with van der Waals surface area (Å²) in [6.07, 6.45) is 0. The minimum atomic E-state index is -3.89. The Hall–Kier alpha value is -1.90. The normalized spacial score (nSPS) is 11.8. The molecule has 0 atom stereocenters. The molecule has 0 N–H and O–H groups in total. The molecule has 0 spiro atoms. The number of hydrogen-bond acceptors (Lipinski definition) is 5. The number of rotatable bonds is 5. The fourth-order valence-corrected chi connectivity index (χ4v) is 3.19. The Morgan fingerprint density at radius 1 is 1.32 bits per heavy atom. The summed E-state index contributed by atoms with van der Waals surface area (Å²) in [4.78, 5) is 9.94. The lowest BCUT2D eigenvalue weighted by Crippen LogP contribution is -2.26. The zero-order chi connectivity index (χ0) is 16.5. The van der Waals surface area contributed by atoms with Crippen molar-refractivity contribution < 1.29 is 17.8 Å².